The highest BCUT2D eigenvalue weighted by atomic mass is 35.5. The van der Waals surface area contributed by atoms with Gasteiger partial charge in [-0.15, -0.1) is 18.3 Å². The van der Waals surface area contributed by atoms with Crippen LogP contribution in [0, 0.1) is 5.41 Å². The lowest BCUT2D eigenvalue weighted by Gasteiger charge is -2.52. The van der Waals surface area contributed by atoms with Crippen molar-refractivity contribution < 1.29 is 4.79 Å². The van der Waals surface area contributed by atoms with Crippen molar-refractivity contribution in [3.05, 3.63) is 82.4 Å². The first-order valence-electron chi connectivity index (χ1n) is 11.0. The Balaban J connectivity index is 2.20. The number of carbonyl (C=O) groups is 1. The van der Waals surface area contributed by atoms with Gasteiger partial charge >= 0.3 is 0 Å². The molecule has 0 aromatic heterocycles. The molecule has 2 unspecified atom stereocenters. The monoisotopic (exact) mass is 507 g/mol. The molecule has 1 aliphatic heterocycles. The number of thioether (sulfide) groups is 1. The molecule has 0 aliphatic carbocycles. The topological polar surface area (TPSA) is 20.3 Å². The van der Waals surface area contributed by atoms with E-state index in [2.05, 4.69) is 56.2 Å². The Hall–Kier alpha value is -1.07. The van der Waals surface area contributed by atoms with Gasteiger partial charge in [-0.25, -0.2) is 0 Å². The average molecular weight is 509 g/mol. The fourth-order valence-corrected chi connectivity index (χ4v) is 6.29. The number of nitrogens with zero attached hydrogens (tertiary/aromatic N) is 1. The zero-order chi connectivity index (χ0) is 23.3. The van der Waals surface area contributed by atoms with Crippen molar-refractivity contribution in [2.75, 3.05) is 10.8 Å². The van der Waals surface area contributed by atoms with Crippen molar-refractivity contribution in [3.8, 4) is 0 Å². The van der Waals surface area contributed by atoms with Crippen LogP contribution in [0.4, 0.5) is 0 Å². The number of allylic oxidation sites excluding steroid dienone is 1. The van der Waals surface area contributed by atoms with Gasteiger partial charge in [0.15, 0.2) is 0 Å². The van der Waals surface area contributed by atoms with Gasteiger partial charge in [0.2, 0.25) is 5.91 Å². The Bertz CT molecular complexity index is 936. The van der Waals surface area contributed by atoms with Gasteiger partial charge in [0.05, 0.1) is 11.5 Å². The van der Waals surface area contributed by atoms with E-state index in [9.17, 15) is 4.79 Å². The number of piperidine rings is 1. The summed E-state index contributed by atoms with van der Waals surface area (Å²) in [5, 5.41) is 2.13. The zero-order valence-corrected chi connectivity index (χ0v) is 21.9. The van der Waals surface area contributed by atoms with Crippen LogP contribution in [0.5, 0.6) is 0 Å². The van der Waals surface area contributed by atoms with Crippen molar-refractivity contribution in [3.63, 3.8) is 0 Å². The minimum Gasteiger partial charge on any atom is -0.331 e. The molecule has 1 saturated heterocycles. The van der Waals surface area contributed by atoms with Crippen LogP contribution in [-0.4, -0.2) is 27.7 Å². The standard InChI is InChI=1S/C26H31Cl2NOS2/c1-4-13-26(3)15-23(19-7-6-8-21(28)14-19)24(18-9-11-20(27)12-10-18)29(25(26)30)22(5-2)16-32-17-31/h4,6-12,14,22-24,31H,1,5,13,15-17H2,2-3H3/t22?,23?,24-,26+/m1/s1. The van der Waals surface area contributed by atoms with Gasteiger partial charge in [-0.2, -0.15) is 12.6 Å². The van der Waals surface area contributed by atoms with Crippen LogP contribution >= 0.6 is 47.6 Å². The number of likely N-dealkylation sites (tertiary alicyclic amines) is 1. The highest BCUT2D eigenvalue weighted by Crippen LogP contribution is 2.52. The lowest BCUT2D eigenvalue weighted by atomic mass is 9.67. The molecule has 1 heterocycles. The fraction of sp³-hybridized carbons (Fsp3) is 0.423. The molecule has 172 valence electrons. The number of hydrogen-bond donors (Lipinski definition) is 1. The van der Waals surface area contributed by atoms with Crippen molar-refractivity contribution in [1.82, 2.24) is 4.90 Å². The van der Waals surface area contributed by atoms with Crippen LogP contribution in [0.1, 0.15) is 56.2 Å². The summed E-state index contributed by atoms with van der Waals surface area (Å²) in [5.74, 6) is 1.15. The largest absolute Gasteiger partial charge is 0.331 e. The van der Waals surface area contributed by atoms with E-state index in [0.29, 0.717) is 16.5 Å². The molecule has 1 amide bonds. The molecule has 1 aliphatic rings. The third kappa shape index (κ3) is 5.52. The third-order valence-corrected chi connectivity index (χ3v) is 8.29. The van der Waals surface area contributed by atoms with E-state index in [1.165, 1.54) is 0 Å². The maximum atomic E-state index is 14.1. The maximum Gasteiger partial charge on any atom is 0.229 e. The summed E-state index contributed by atoms with van der Waals surface area (Å²) >= 11 is 18.8. The van der Waals surface area contributed by atoms with Gasteiger partial charge < -0.3 is 4.90 Å². The molecule has 4 atom stereocenters. The molecule has 1 fully saturated rings. The Morgan fingerprint density at radius 2 is 1.94 bits per heavy atom. The summed E-state index contributed by atoms with van der Waals surface area (Å²) in [6.45, 7) is 8.19. The zero-order valence-electron chi connectivity index (χ0n) is 18.6. The molecule has 2 aromatic carbocycles. The Morgan fingerprint density at radius 3 is 2.53 bits per heavy atom. The smallest absolute Gasteiger partial charge is 0.229 e. The summed E-state index contributed by atoms with van der Waals surface area (Å²) in [6, 6.07) is 16.0. The Kier molecular flexibility index (Phi) is 9.08. The second-order valence-electron chi connectivity index (χ2n) is 8.69. The molecule has 0 spiro atoms. The lowest BCUT2D eigenvalue weighted by molar-refractivity contribution is -0.153. The maximum absolute atomic E-state index is 14.1. The normalized spacial score (nSPS) is 24.4. The molecule has 0 saturated carbocycles. The number of halogens is 2. The summed E-state index contributed by atoms with van der Waals surface area (Å²) in [6.07, 6.45) is 4.13. The molecule has 32 heavy (non-hydrogen) atoms. The number of benzene rings is 2. The molecule has 0 radical (unpaired) electrons. The van der Waals surface area contributed by atoms with E-state index in [4.69, 9.17) is 23.2 Å². The molecule has 2 aromatic rings. The first kappa shape index (κ1) is 25.6. The first-order chi connectivity index (χ1) is 15.3. The minimum atomic E-state index is -0.517. The van der Waals surface area contributed by atoms with Crippen LogP contribution in [0.3, 0.4) is 0 Å². The number of amides is 1. The molecule has 2 nitrogen and oxygen atoms in total. The summed E-state index contributed by atoms with van der Waals surface area (Å²) in [7, 11) is 0. The van der Waals surface area contributed by atoms with Crippen molar-refractivity contribution >= 4 is 53.5 Å². The SMILES string of the molecule is C=CC[C@@]1(C)CC(c2cccc(Cl)c2)[C@@H](c2ccc(Cl)cc2)N(C(CC)CSCS)C1=O. The quantitative estimate of drug-likeness (QED) is 0.210. The molecular weight excluding hydrogens is 477 g/mol. The summed E-state index contributed by atoms with van der Waals surface area (Å²) in [4.78, 5) is 16.2. The molecular formula is C26H31Cl2NOS2. The van der Waals surface area contributed by atoms with Crippen LogP contribution in [0.2, 0.25) is 10.0 Å². The number of rotatable bonds is 9. The number of hydrogen-bond acceptors (Lipinski definition) is 3. The highest BCUT2D eigenvalue weighted by Gasteiger charge is 2.50. The molecule has 0 bridgehead atoms. The van der Waals surface area contributed by atoms with Gasteiger partial charge in [0.1, 0.15) is 0 Å². The number of carbonyl (C=O) groups excluding carboxylic acids is 1. The van der Waals surface area contributed by atoms with E-state index < -0.39 is 5.41 Å². The van der Waals surface area contributed by atoms with Crippen molar-refractivity contribution in [2.45, 2.75) is 51.1 Å². The average Bonchev–Trinajstić information content (AvgIpc) is 2.77. The van der Waals surface area contributed by atoms with Gasteiger partial charge in [0, 0.05) is 32.8 Å². The first-order valence-corrected chi connectivity index (χ1v) is 13.5. The Labute approximate surface area is 212 Å². The van der Waals surface area contributed by atoms with E-state index >= 15 is 0 Å². The molecule has 0 N–H and O–H groups in total. The van der Waals surface area contributed by atoms with Gasteiger partial charge in [-0.1, -0.05) is 67.4 Å². The van der Waals surface area contributed by atoms with E-state index in [0.717, 1.165) is 34.8 Å². The second kappa shape index (κ2) is 11.4. The van der Waals surface area contributed by atoms with Gasteiger partial charge in [-0.05, 0) is 54.7 Å². The highest BCUT2D eigenvalue weighted by molar-refractivity contribution is 8.09. The van der Waals surface area contributed by atoms with Crippen LogP contribution in [-0.2, 0) is 4.79 Å². The minimum absolute atomic E-state index is 0.0957. The second-order valence-corrected chi connectivity index (χ2v) is 11.3. The van der Waals surface area contributed by atoms with Crippen molar-refractivity contribution in [2.24, 2.45) is 5.41 Å². The number of thiol groups is 1. The summed E-state index contributed by atoms with van der Waals surface area (Å²) < 4.78 is 0. The van der Waals surface area contributed by atoms with Crippen molar-refractivity contribution in [1.29, 1.82) is 0 Å². The molecule has 3 rings (SSSR count). The van der Waals surface area contributed by atoms with E-state index in [1.54, 1.807) is 11.8 Å². The molecule has 6 heteroatoms. The van der Waals surface area contributed by atoms with Gasteiger partial charge in [-0.3, -0.25) is 4.79 Å². The van der Waals surface area contributed by atoms with E-state index in [-0.39, 0.29) is 23.9 Å². The van der Waals surface area contributed by atoms with Crippen LogP contribution in [0.15, 0.2) is 61.2 Å². The van der Waals surface area contributed by atoms with Gasteiger partial charge in [0.25, 0.3) is 0 Å². The van der Waals surface area contributed by atoms with Crippen LogP contribution in [0.25, 0.3) is 0 Å². The summed E-state index contributed by atoms with van der Waals surface area (Å²) in [5.41, 5.74) is 1.74. The van der Waals surface area contributed by atoms with Crippen LogP contribution < -0.4 is 0 Å². The fourth-order valence-electron chi connectivity index (χ4n) is 4.87. The Morgan fingerprint density at radius 1 is 1.22 bits per heavy atom. The predicted octanol–water partition coefficient (Wildman–Crippen LogP) is 8.03. The lowest BCUT2D eigenvalue weighted by Crippen LogP contribution is -2.56. The van der Waals surface area contributed by atoms with E-state index in [1.807, 2.05) is 36.4 Å². The predicted molar refractivity (Wildman–Crippen MR) is 143 cm³/mol. The third-order valence-electron chi connectivity index (χ3n) is 6.45.